The Morgan fingerprint density at radius 2 is 1.67 bits per heavy atom. The van der Waals surface area contributed by atoms with Crippen molar-refractivity contribution in [1.82, 2.24) is 9.62 Å². The summed E-state index contributed by atoms with van der Waals surface area (Å²) in [5.41, 5.74) is 0. The topological polar surface area (TPSA) is 49.4 Å². The van der Waals surface area contributed by atoms with Crippen molar-refractivity contribution in [2.24, 2.45) is 0 Å². The van der Waals surface area contributed by atoms with Crippen LogP contribution in [-0.4, -0.2) is 38.9 Å². The van der Waals surface area contributed by atoms with Crippen molar-refractivity contribution in [3.8, 4) is 0 Å². The monoisotopic (exact) mass is 350 g/mol. The maximum atomic E-state index is 12.8. The van der Waals surface area contributed by atoms with Crippen molar-refractivity contribution in [1.29, 1.82) is 0 Å². The van der Waals surface area contributed by atoms with Gasteiger partial charge in [-0.3, -0.25) is 0 Å². The third-order valence-corrected chi connectivity index (χ3v) is 7.04. The van der Waals surface area contributed by atoms with Gasteiger partial charge < -0.3 is 5.32 Å². The van der Waals surface area contributed by atoms with Crippen LogP contribution in [0.2, 0.25) is 10.0 Å². The molecule has 0 radical (unpaired) electrons. The molecule has 1 saturated carbocycles. The van der Waals surface area contributed by atoms with Gasteiger partial charge >= 0.3 is 0 Å². The summed E-state index contributed by atoms with van der Waals surface area (Å²) < 4.78 is 27.0. The number of hydrogen-bond donors (Lipinski definition) is 1. The number of hydrogen-bond acceptors (Lipinski definition) is 3. The van der Waals surface area contributed by atoms with Crippen molar-refractivity contribution in [2.75, 3.05) is 14.1 Å². The second-order valence-corrected chi connectivity index (χ2v) is 8.11. The highest BCUT2D eigenvalue weighted by Gasteiger charge is 2.33. The van der Waals surface area contributed by atoms with Crippen LogP contribution in [0, 0.1) is 0 Å². The lowest BCUT2D eigenvalue weighted by molar-refractivity contribution is 0.255. The van der Waals surface area contributed by atoms with Crippen LogP contribution < -0.4 is 5.32 Å². The molecule has 1 aliphatic rings. The zero-order valence-corrected chi connectivity index (χ0v) is 14.5. The molecule has 21 heavy (non-hydrogen) atoms. The fourth-order valence-corrected chi connectivity index (χ4v) is 5.30. The normalized spacial score (nSPS) is 23.5. The van der Waals surface area contributed by atoms with Gasteiger partial charge in [0.15, 0.2) is 0 Å². The first-order valence-corrected chi connectivity index (χ1v) is 9.17. The summed E-state index contributed by atoms with van der Waals surface area (Å²) in [6.45, 7) is 0. The summed E-state index contributed by atoms with van der Waals surface area (Å²) in [4.78, 5) is 0.00609. The highest BCUT2D eigenvalue weighted by atomic mass is 35.5. The molecule has 0 amide bonds. The van der Waals surface area contributed by atoms with E-state index >= 15 is 0 Å². The number of nitrogens with one attached hydrogen (secondary N) is 1. The Balaban J connectivity index is 2.24. The molecule has 1 aromatic carbocycles. The molecule has 118 valence electrons. The standard InChI is InChI=1S/C14H20Cl2N2O2S/c1-17-10-6-8-11(9-7-10)18(2)21(19,20)14-12(15)4-3-5-13(14)16/h3-5,10-11,17H,6-9H2,1-2H3. The van der Waals surface area contributed by atoms with E-state index in [0.717, 1.165) is 25.7 Å². The molecule has 1 N–H and O–H groups in total. The first-order chi connectivity index (χ1) is 9.87. The van der Waals surface area contributed by atoms with Gasteiger partial charge in [-0.05, 0) is 44.9 Å². The van der Waals surface area contributed by atoms with Crippen LogP contribution in [0.3, 0.4) is 0 Å². The molecule has 0 heterocycles. The fourth-order valence-electron chi connectivity index (χ4n) is 2.80. The Morgan fingerprint density at radius 3 is 2.14 bits per heavy atom. The third-order valence-electron chi connectivity index (χ3n) is 4.18. The number of halogens is 2. The third kappa shape index (κ3) is 3.54. The average Bonchev–Trinajstić information content (AvgIpc) is 2.46. The second kappa shape index (κ2) is 6.84. The Kier molecular flexibility index (Phi) is 5.54. The molecule has 0 spiro atoms. The Hall–Kier alpha value is -0.330. The largest absolute Gasteiger partial charge is 0.317 e. The van der Waals surface area contributed by atoms with Crippen LogP contribution in [0.5, 0.6) is 0 Å². The zero-order valence-electron chi connectivity index (χ0n) is 12.1. The van der Waals surface area contributed by atoms with E-state index in [1.807, 2.05) is 7.05 Å². The van der Waals surface area contributed by atoms with Crippen molar-refractivity contribution in [2.45, 2.75) is 42.7 Å². The van der Waals surface area contributed by atoms with Crippen LogP contribution in [0.1, 0.15) is 25.7 Å². The Labute approximate surface area is 136 Å². The van der Waals surface area contributed by atoms with Crippen molar-refractivity contribution in [3.63, 3.8) is 0 Å². The minimum Gasteiger partial charge on any atom is -0.317 e. The number of nitrogens with zero attached hydrogens (tertiary/aromatic N) is 1. The summed E-state index contributed by atoms with van der Waals surface area (Å²) in [6.07, 6.45) is 3.61. The van der Waals surface area contributed by atoms with Gasteiger partial charge in [-0.15, -0.1) is 0 Å². The minimum absolute atomic E-state index is 0.00609. The van der Waals surface area contributed by atoms with E-state index < -0.39 is 10.0 Å². The maximum Gasteiger partial charge on any atom is 0.246 e. The van der Waals surface area contributed by atoms with Gasteiger partial charge in [0.2, 0.25) is 10.0 Å². The lowest BCUT2D eigenvalue weighted by Crippen LogP contribution is -2.42. The molecule has 0 unspecified atom stereocenters. The number of sulfonamides is 1. The lowest BCUT2D eigenvalue weighted by atomic mass is 9.91. The van der Waals surface area contributed by atoms with E-state index in [-0.39, 0.29) is 21.0 Å². The first-order valence-electron chi connectivity index (χ1n) is 6.97. The van der Waals surface area contributed by atoms with Gasteiger partial charge in [-0.2, -0.15) is 4.31 Å². The number of rotatable bonds is 4. The van der Waals surface area contributed by atoms with Crippen molar-refractivity contribution < 1.29 is 8.42 Å². The molecule has 2 rings (SSSR count). The molecule has 0 saturated heterocycles. The summed E-state index contributed by atoms with van der Waals surface area (Å²) >= 11 is 12.1. The summed E-state index contributed by atoms with van der Waals surface area (Å²) in [5.74, 6) is 0. The maximum absolute atomic E-state index is 12.8. The van der Waals surface area contributed by atoms with Crippen LogP contribution in [0.25, 0.3) is 0 Å². The van der Waals surface area contributed by atoms with Crippen LogP contribution in [-0.2, 0) is 10.0 Å². The van der Waals surface area contributed by atoms with Gasteiger partial charge in [-0.1, -0.05) is 29.3 Å². The van der Waals surface area contributed by atoms with Gasteiger partial charge in [0, 0.05) is 19.1 Å². The molecular formula is C14H20Cl2N2O2S. The minimum atomic E-state index is -3.68. The Morgan fingerprint density at radius 1 is 1.14 bits per heavy atom. The van der Waals surface area contributed by atoms with E-state index in [9.17, 15) is 8.42 Å². The second-order valence-electron chi connectivity index (χ2n) is 5.37. The van der Waals surface area contributed by atoms with E-state index in [1.165, 1.54) is 4.31 Å². The molecule has 1 aliphatic carbocycles. The number of benzene rings is 1. The quantitative estimate of drug-likeness (QED) is 0.907. The highest BCUT2D eigenvalue weighted by molar-refractivity contribution is 7.89. The van der Waals surface area contributed by atoms with E-state index in [1.54, 1.807) is 25.2 Å². The van der Waals surface area contributed by atoms with E-state index in [0.29, 0.717) is 6.04 Å². The summed E-state index contributed by atoms with van der Waals surface area (Å²) in [6, 6.07) is 5.20. The molecule has 0 aromatic heterocycles. The fraction of sp³-hybridized carbons (Fsp3) is 0.571. The van der Waals surface area contributed by atoms with Crippen molar-refractivity contribution in [3.05, 3.63) is 28.2 Å². The molecule has 0 aliphatic heterocycles. The van der Waals surface area contributed by atoms with Crippen molar-refractivity contribution >= 4 is 33.2 Å². The van der Waals surface area contributed by atoms with Gasteiger partial charge in [-0.25, -0.2) is 8.42 Å². The SMILES string of the molecule is CNC1CCC(N(C)S(=O)(=O)c2c(Cl)cccc2Cl)CC1. The van der Waals surface area contributed by atoms with E-state index in [4.69, 9.17) is 23.2 Å². The molecule has 1 fully saturated rings. The van der Waals surface area contributed by atoms with Gasteiger partial charge in [0.25, 0.3) is 0 Å². The molecule has 4 nitrogen and oxygen atoms in total. The predicted molar refractivity (Wildman–Crippen MR) is 86.5 cm³/mol. The molecule has 7 heteroatoms. The molecule has 0 bridgehead atoms. The van der Waals surface area contributed by atoms with E-state index in [2.05, 4.69) is 5.32 Å². The smallest absolute Gasteiger partial charge is 0.246 e. The highest BCUT2D eigenvalue weighted by Crippen LogP contribution is 2.34. The average molecular weight is 351 g/mol. The summed E-state index contributed by atoms with van der Waals surface area (Å²) in [7, 11) is -0.125. The van der Waals surface area contributed by atoms with Crippen LogP contribution in [0.4, 0.5) is 0 Å². The zero-order chi connectivity index (χ0) is 15.6. The van der Waals surface area contributed by atoms with Crippen LogP contribution >= 0.6 is 23.2 Å². The van der Waals surface area contributed by atoms with Gasteiger partial charge in [0.05, 0.1) is 10.0 Å². The Bertz CT molecular complexity index is 579. The van der Waals surface area contributed by atoms with Gasteiger partial charge in [0.1, 0.15) is 4.90 Å². The molecule has 0 atom stereocenters. The van der Waals surface area contributed by atoms with Crippen LogP contribution in [0.15, 0.2) is 23.1 Å². The molecule has 1 aromatic rings. The first kappa shape index (κ1) is 17.0. The predicted octanol–water partition coefficient (Wildman–Crippen LogP) is 3.14. The lowest BCUT2D eigenvalue weighted by Gasteiger charge is -2.34. The summed E-state index contributed by atoms with van der Waals surface area (Å²) in [5, 5.41) is 3.57. The molecular weight excluding hydrogens is 331 g/mol.